The Morgan fingerprint density at radius 1 is 1.24 bits per heavy atom. The molecule has 1 aromatic carbocycles. The van der Waals surface area contributed by atoms with Crippen LogP contribution in [0.4, 0.5) is 4.39 Å². The van der Waals surface area contributed by atoms with Crippen LogP contribution in [0, 0.1) is 19.7 Å². The van der Waals surface area contributed by atoms with Crippen LogP contribution in [0.25, 0.3) is 0 Å². The lowest BCUT2D eigenvalue weighted by Crippen LogP contribution is -1.93. The predicted molar refractivity (Wildman–Crippen MR) is 73.1 cm³/mol. The molecule has 0 aliphatic rings. The van der Waals surface area contributed by atoms with Crippen molar-refractivity contribution < 1.29 is 8.81 Å². The molecule has 1 aromatic heterocycles. The lowest BCUT2D eigenvalue weighted by Gasteiger charge is -2.10. The highest BCUT2D eigenvalue weighted by molar-refractivity contribution is 9.10. The molecular weight excluding hydrogens is 351 g/mol. The SMILES string of the molecule is Cc1cc(C(Br)c2ccc(F)c(Br)c2)c(C)o1. The van der Waals surface area contributed by atoms with Crippen molar-refractivity contribution in [1.29, 1.82) is 0 Å². The van der Waals surface area contributed by atoms with Crippen molar-refractivity contribution in [3.63, 3.8) is 0 Å². The summed E-state index contributed by atoms with van der Waals surface area (Å²) in [6, 6.07) is 6.99. The van der Waals surface area contributed by atoms with Crippen molar-refractivity contribution in [2.45, 2.75) is 18.7 Å². The van der Waals surface area contributed by atoms with Gasteiger partial charge in [0.2, 0.25) is 0 Å². The molecule has 0 radical (unpaired) electrons. The van der Waals surface area contributed by atoms with Gasteiger partial charge in [-0.25, -0.2) is 4.39 Å². The van der Waals surface area contributed by atoms with E-state index in [1.807, 2.05) is 19.9 Å². The van der Waals surface area contributed by atoms with Crippen LogP contribution in [-0.2, 0) is 0 Å². The molecule has 90 valence electrons. The van der Waals surface area contributed by atoms with Gasteiger partial charge < -0.3 is 4.42 Å². The Kier molecular flexibility index (Phi) is 3.73. The van der Waals surface area contributed by atoms with Crippen molar-refractivity contribution in [1.82, 2.24) is 0 Å². The van der Waals surface area contributed by atoms with Crippen LogP contribution in [-0.4, -0.2) is 0 Å². The number of alkyl halides is 1. The van der Waals surface area contributed by atoms with E-state index in [2.05, 4.69) is 31.9 Å². The largest absolute Gasteiger partial charge is 0.466 e. The molecular formula is C13H11Br2FO. The maximum atomic E-state index is 13.2. The summed E-state index contributed by atoms with van der Waals surface area (Å²) in [5.74, 6) is 1.50. The standard InChI is InChI=1S/C13H11Br2FO/c1-7-5-10(8(2)17-7)13(15)9-3-4-12(16)11(14)6-9/h3-6,13H,1-2H3. The highest BCUT2D eigenvalue weighted by Gasteiger charge is 2.17. The molecule has 1 atom stereocenters. The summed E-state index contributed by atoms with van der Waals surface area (Å²) < 4.78 is 19.1. The number of rotatable bonds is 2. The normalized spacial score (nSPS) is 12.8. The minimum atomic E-state index is -0.256. The van der Waals surface area contributed by atoms with Crippen molar-refractivity contribution in [3.05, 3.63) is 57.2 Å². The van der Waals surface area contributed by atoms with Gasteiger partial charge in [0.15, 0.2) is 0 Å². The lowest BCUT2D eigenvalue weighted by atomic mass is 10.1. The zero-order valence-electron chi connectivity index (χ0n) is 9.43. The molecule has 0 fully saturated rings. The minimum absolute atomic E-state index is 0.0110. The van der Waals surface area contributed by atoms with E-state index in [9.17, 15) is 4.39 Å². The van der Waals surface area contributed by atoms with Gasteiger partial charge in [-0.1, -0.05) is 22.0 Å². The van der Waals surface area contributed by atoms with E-state index >= 15 is 0 Å². The maximum absolute atomic E-state index is 13.2. The molecule has 0 bridgehead atoms. The Labute approximate surface area is 116 Å². The van der Waals surface area contributed by atoms with Gasteiger partial charge in [0, 0.05) is 5.56 Å². The summed E-state index contributed by atoms with van der Waals surface area (Å²) >= 11 is 6.81. The molecule has 2 rings (SSSR count). The van der Waals surface area contributed by atoms with Crippen molar-refractivity contribution in [2.75, 3.05) is 0 Å². The molecule has 0 aliphatic heterocycles. The second kappa shape index (κ2) is 4.94. The second-order valence-electron chi connectivity index (χ2n) is 3.90. The van der Waals surface area contributed by atoms with Gasteiger partial charge in [0.05, 0.1) is 9.30 Å². The Morgan fingerprint density at radius 2 is 1.94 bits per heavy atom. The van der Waals surface area contributed by atoms with Crippen LogP contribution in [0.15, 0.2) is 33.2 Å². The monoisotopic (exact) mass is 360 g/mol. The van der Waals surface area contributed by atoms with E-state index in [0.29, 0.717) is 4.47 Å². The Morgan fingerprint density at radius 3 is 2.47 bits per heavy atom. The number of hydrogen-bond acceptors (Lipinski definition) is 1. The zero-order valence-corrected chi connectivity index (χ0v) is 12.6. The molecule has 0 saturated heterocycles. The molecule has 4 heteroatoms. The van der Waals surface area contributed by atoms with Gasteiger partial charge in [-0.05, 0) is 53.5 Å². The van der Waals surface area contributed by atoms with Gasteiger partial charge >= 0.3 is 0 Å². The molecule has 0 saturated carbocycles. The van der Waals surface area contributed by atoms with Crippen LogP contribution >= 0.6 is 31.9 Å². The molecule has 17 heavy (non-hydrogen) atoms. The fraction of sp³-hybridized carbons (Fsp3) is 0.231. The van der Waals surface area contributed by atoms with E-state index in [0.717, 1.165) is 22.6 Å². The molecule has 0 aliphatic carbocycles. The van der Waals surface area contributed by atoms with Gasteiger partial charge in [-0.15, -0.1) is 0 Å². The van der Waals surface area contributed by atoms with E-state index in [4.69, 9.17) is 4.42 Å². The first-order chi connectivity index (χ1) is 7.99. The van der Waals surface area contributed by atoms with Gasteiger partial charge in [-0.2, -0.15) is 0 Å². The number of hydrogen-bond donors (Lipinski definition) is 0. The van der Waals surface area contributed by atoms with Crippen LogP contribution in [0.2, 0.25) is 0 Å². The van der Waals surface area contributed by atoms with Crippen molar-refractivity contribution in [2.24, 2.45) is 0 Å². The van der Waals surface area contributed by atoms with Crippen LogP contribution in [0.5, 0.6) is 0 Å². The lowest BCUT2D eigenvalue weighted by molar-refractivity contribution is 0.502. The first-order valence-corrected chi connectivity index (χ1v) is 6.86. The zero-order chi connectivity index (χ0) is 12.6. The van der Waals surface area contributed by atoms with Gasteiger partial charge in [0.1, 0.15) is 17.3 Å². The van der Waals surface area contributed by atoms with Crippen LogP contribution in [0.1, 0.15) is 27.5 Å². The number of aryl methyl sites for hydroxylation is 2. The predicted octanol–water partition coefficient (Wildman–Crippen LogP) is 5.28. The summed E-state index contributed by atoms with van der Waals surface area (Å²) in [6.07, 6.45) is 0. The number of furan rings is 1. The summed E-state index contributed by atoms with van der Waals surface area (Å²) in [7, 11) is 0. The smallest absolute Gasteiger partial charge is 0.137 e. The number of benzene rings is 1. The molecule has 0 amide bonds. The molecule has 1 heterocycles. The van der Waals surface area contributed by atoms with E-state index in [-0.39, 0.29) is 10.6 Å². The highest BCUT2D eigenvalue weighted by atomic mass is 79.9. The topological polar surface area (TPSA) is 13.1 Å². The second-order valence-corrected chi connectivity index (χ2v) is 5.67. The molecule has 1 nitrogen and oxygen atoms in total. The van der Waals surface area contributed by atoms with Crippen molar-refractivity contribution in [3.8, 4) is 0 Å². The summed E-state index contributed by atoms with van der Waals surface area (Å²) in [5.41, 5.74) is 2.06. The average Bonchev–Trinajstić information content (AvgIpc) is 2.61. The Bertz CT molecular complexity index is 548. The first-order valence-electron chi connectivity index (χ1n) is 5.15. The number of halogens is 3. The average molecular weight is 362 g/mol. The maximum Gasteiger partial charge on any atom is 0.137 e. The molecule has 0 N–H and O–H groups in total. The molecule has 0 spiro atoms. The fourth-order valence-corrected chi connectivity index (χ4v) is 2.89. The Balaban J connectivity index is 2.40. The van der Waals surface area contributed by atoms with Crippen molar-refractivity contribution >= 4 is 31.9 Å². The van der Waals surface area contributed by atoms with Gasteiger partial charge in [0.25, 0.3) is 0 Å². The van der Waals surface area contributed by atoms with Crippen LogP contribution in [0.3, 0.4) is 0 Å². The quantitative estimate of drug-likeness (QED) is 0.663. The third kappa shape index (κ3) is 2.63. The summed E-state index contributed by atoms with van der Waals surface area (Å²) in [4.78, 5) is 0.0110. The fourth-order valence-electron chi connectivity index (χ4n) is 1.75. The minimum Gasteiger partial charge on any atom is -0.466 e. The summed E-state index contributed by atoms with van der Waals surface area (Å²) in [6.45, 7) is 3.84. The third-order valence-electron chi connectivity index (χ3n) is 2.59. The summed E-state index contributed by atoms with van der Waals surface area (Å²) in [5, 5.41) is 0. The van der Waals surface area contributed by atoms with Crippen LogP contribution < -0.4 is 0 Å². The molecule has 2 aromatic rings. The highest BCUT2D eigenvalue weighted by Crippen LogP contribution is 2.35. The van der Waals surface area contributed by atoms with E-state index < -0.39 is 0 Å². The Hall–Kier alpha value is -0.610. The van der Waals surface area contributed by atoms with E-state index in [1.165, 1.54) is 6.07 Å². The van der Waals surface area contributed by atoms with Gasteiger partial charge in [-0.3, -0.25) is 0 Å². The first kappa shape index (κ1) is 12.8. The third-order valence-corrected chi connectivity index (χ3v) is 4.22. The van der Waals surface area contributed by atoms with E-state index in [1.54, 1.807) is 12.1 Å². The molecule has 1 unspecified atom stereocenters.